The number of rotatable bonds is 4. The van der Waals surface area contributed by atoms with Gasteiger partial charge in [0.1, 0.15) is 0 Å². The number of nitrogens with one attached hydrogen (secondary N) is 1. The van der Waals surface area contributed by atoms with Gasteiger partial charge >= 0.3 is 5.97 Å². The molecule has 2 atom stereocenters. The molecule has 18 heavy (non-hydrogen) atoms. The smallest absolute Gasteiger partial charge is 0.306 e. The number of ether oxygens (including phenoxy) is 1. The zero-order chi connectivity index (χ0) is 13.1. The molecule has 2 unspecified atom stereocenters. The maximum Gasteiger partial charge on any atom is 0.306 e. The van der Waals surface area contributed by atoms with E-state index in [9.17, 15) is 9.59 Å². The molecule has 2 heterocycles. The fourth-order valence-corrected chi connectivity index (χ4v) is 2.39. The van der Waals surface area contributed by atoms with Gasteiger partial charge in [0, 0.05) is 19.0 Å². The van der Waals surface area contributed by atoms with Crippen LogP contribution in [-0.4, -0.2) is 60.8 Å². The third-order valence-corrected chi connectivity index (χ3v) is 3.76. The van der Waals surface area contributed by atoms with Crippen LogP contribution in [-0.2, 0) is 14.3 Å². The van der Waals surface area contributed by atoms with Crippen molar-refractivity contribution in [3.05, 3.63) is 0 Å². The van der Waals surface area contributed by atoms with Crippen molar-refractivity contribution in [2.24, 2.45) is 11.8 Å². The van der Waals surface area contributed by atoms with Crippen molar-refractivity contribution >= 4 is 11.9 Å². The molecule has 0 saturated carbocycles. The summed E-state index contributed by atoms with van der Waals surface area (Å²) in [6.45, 7) is 5.15. The van der Waals surface area contributed by atoms with Gasteiger partial charge in [-0.25, -0.2) is 0 Å². The Hall–Kier alpha value is -1.14. The number of carboxylic acid groups (broad SMARTS) is 1. The maximum absolute atomic E-state index is 12.3. The summed E-state index contributed by atoms with van der Waals surface area (Å²) in [6, 6.07) is 0. The Morgan fingerprint density at radius 2 is 2.22 bits per heavy atom. The van der Waals surface area contributed by atoms with Crippen LogP contribution in [0.2, 0.25) is 0 Å². The number of hydrogen-bond donors (Lipinski definition) is 2. The monoisotopic (exact) mass is 256 g/mol. The van der Waals surface area contributed by atoms with Crippen LogP contribution in [0.5, 0.6) is 0 Å². The van der Waals surface area contributed by atoms with E-state index in [1.54, 1.807) is 4.90 Å². The fourth-order valence-electron chi connectivity index (χ4n) is 2.39. The lowest BCUT2D eigenvalue weighted by Gasteiger charge is -2.38. The van der Waals surface area contributed by atoms with E-state index in [1.807, 2.05) is 6.92 Å². The molecule has 6 nitrogen and oxygen atoms in total. The summed E-state index contributed by atoms with van der Waals surface area (Å²) in [5.74, 6) is -0.334. The van der Waals surface area contributed by atoms with Gasteiger partial charge in [-0.3, -0.25) is 9.59 Å². The second-order valence-electron chi connectivity index (χ2n) is 5.08. The second kappa shape index (κ2) is 5.67. The Balaban J connectivity index is 1.87. The van der Waals surface area contributed by atoms with E-state index < -0.39 is 5.97 Å². The van der Waals surface area contributed by atoms with Crippen molar-refractivity contribution < 1.29 is 19.4 Å². The lowest BCUT2D eigenvalue weighted by molar-refractivity contribution is -0.150. The predicted octanol–water partition coefficient (Wildman–Crippen LogP) is -0.456. The molecule has 0 radical (unpaired) electrons. The highest BCUT2D eigenvalue weighted by Crippen LogP contribution is 2.20. The topological polar surface area (TPSA) is 78.9 Å². The summed E-state index contributed by atoms with van der Waals surface area (Å²) in [5, 5.41) is 11.9. The molecule has 2 rings (SSSR count). The van der Waals surface area contributed by atoms with E-state index in [2.05, 4.69) is 5.32 Å². The summed E-state index contributed by atoms with van der Waals surface area (Å²) in [5.41, 5.74) is 0. The Kier molecular flexibility index (Phi) is 4.19. The summed E-state index contributed by atoms with van der Waals surface area (Å²) < 4.78 is 5.36. The molecule has 2 fully saturated rings. The average Bonchev–Trinajstić information content (AvgIpc) is 2.25. The third-order valence-electron chi connectivity index (χ3n) is 3.76. The van der Waals surface area contributed by atoms with E-state index in [1.165, 1.54) is 0 Å². The Morgan fingerprint density at radius 1 is 1.50 bits per heavy atom. The van der Waals surface area contributed by atoms with Crippen molar-refractivity contribution in [1.82, 2.24) is 10.2 Å². The van der Waals surface area contributed by atoms with Gasteiger partial charge < -0.3 is 20.1 Å². The van der Waals surface area contributed by atoms with Crippen molar-refractivity contribution in [2.45, 2.75) is 19.4 Å². The first-order valence-electron chi connectivity index (χ1n) is 6.41. The molecule has 2 aliphatic heterocycles. The van der Waals surface area contributed by atoms with Gasteiger partial charge in [0.05, 0.1) is 19.1 Å². The molecule has 0 aromatic rings. The van der Waals surface area contributed by atoms with Crippen LogP contribution in [0.4, 0.5) is 0 Å². The Bertz CT molecular complexity index is 330. The van der Waals surface area contributed by atoms with Crippen LogP contribution in [0, 0.1) is 11.8 Å². The highest BCUT2D eigenvalue weighted by atomic mass is 16.5. The number of amides is 1. The average molecular weight is 256 g/mol. The standard InChI is InChI=1S/C12H20N2O4/c1-8(9-5-13-6-9)12(17)14-2-3-18-10(7-14)4-11(15)16/h8-10,13H,2-7H2,1H3,(H,15,16). The van der Waals surface area contributed by atoms with Crippen LogP contribution >= 0.6 is 0 Å². The number of carboxylic acids is 1. The van der Waals surface area contributed by atoms with Crippen LogP contribution in [0.15, 0.2) is 0 Å². The Morgan fingerprint density at radius 3 is 2.78 bits per heavy atom. The fraction of sp³-hybridized carbons (Fsp3) is 0.833. The van der Waals surface area contributed by atoms with E-state index in [4.69, 9.17) is 9.84 Å². The van der Waals surface area contributed by atoms with E-state index in [-0.39, 0.29) is 24.3 Å². The minimum Gasteiger partial charge on any atom is -0.481 e. The number of hydrogen-bond acceptors (Lipinski definition) is 4. The number of carbonyl (C=O) groups excluding carboxylic acids is 1. The van der Waals surface area contributed by atoms with Gasteiger partial charge in [0.15, 0.2) is 0 Å². The number of carbonyl (C=O) groups is 2. The number of aliphatic carboxylic acids is 1. The summed E-state index contributed by atoms with van der Waals surface area (Å²) >= 11 is 0. The SMILES string of the molecule is CC(C(=O)N1CCOC(CC(=O)O)C1)C1CNC1. The normalized spacial score (nSPS) is 26.5. The van der Waals surface area contributed by atoms with Crippen molar-refractivity contribution in [1.29, 1.82) is 0 Å². The third kappa shape index (κ3) is 3.00. The van der Waals surface area contributed by atoms with Gasteiger partial charge in [-0.15, -0.1) is 0 Å². The molecular formula is C12H20N2O4. The lowest BCUT2D eigenvalue weighted by Crippen LogP contribution is -2.53. The van der Waals surface area contributed by atoms with E-state index in [0.717, 1.165) is 13.1 Å². The largest absolute Gasteiger partial charge is 0.481 e. The Labute approximate surface area is 106 Å². The first-order chi connectivity index (χ1) is 8.58. The van der Waals surface area contributed by atoms with Crippen LogP contribution in [0.25, 0.3) is 0 Å². The van der Waals surface area contributed by atoms with E-state index in [0.29, 0.717) is 25.6 Å². The molecule has 0 aliphatic carbocycles. The molecule has 102 valence electrons. The van der Waals surface area contributed by atoms with E-state index >= 15 is 0 Å². The zero-order valence-corrected chi connectivity index (χ0v) is 10.6. The molecule has 2 saturated heterocycles. The highest BCUT2D eigenvalue weighted by molar-refractivity contribution is 5.79. The molecule has 1 amide bonds. The first kappa shape index (κ1) is 13.3. The number of nitrogens with zero attached hydrogens (tertiary/aromatic N) is 1. The van der Waals surface area contributed by atoms with Gasteiger partial charge in [0.2, 0.25) is 5.91 Å². The van der Waals surface area contributed by atoms with Crippen molar-refractivity contribution in [3.63, 3.8) is 0 Å². The minimum atomic E-state index is -0.884. The molecule has 2 N–H and O–H groups in total. The first-order valence-corrected chi connectivity index (χ1v) is 6.41. The molecular weight excluding hydrogens is 236 g/mol. The van der Waals surface area contributed by atoms with Crippen molar-refractivity contribution in [3.8, 4) is 0 Å². The second-order valence-corrected chi connectivity index (χ2v) is 5.08. The van der Waals surface area contributed by atoms with Crippen LogP contribution in [0.1, 0.15) is 13.3 Å². The van der Waals surface area contributed by atoms with Gasteiger partial charge in [-0.05, 0) is 19.0 Å². The summed E-state index contributed by atoms with van der Waals surface area (Å²) in [4.78, 5) is 24.7. The quantitative estimate of drug-likeness (QED) is 0.712. The highest BCUT2D eigenvalue weighted by Gasteiger charge is 2.34. The van der Waals surface area contributed by atoms with Crippen molar-refractivity contribution in [2.75, 3.05) is 32.8 Å². The zero-order valence-electron chi connectivity index (χ0n) is 10.6. The molecule has 0 bridgehead atoms. The minimum absolute atomic E-state index is 0.00910. The molecule has 0 spiro atoms. The molecule has 2 aliphatic rings. The summed E-state index contributed by atoms with van der Waals surface area (Å²) in [6.07, 6.45) is -0.407. The predicted molar refractivity (Wildman–Crippen MR) is 64.1 cm³/mol. The number of morpholine rings is 1. The maximum atomic E-state index is 12.3. The van der Waals surface area contributed by atoms with Crippen LogP contribution < -0.4 is 5.32 Å². The van der Waals surface area contributed by atoms with Crippen LogP contribution in [0.3, 0.4) is 0 Å². The molecule has 0 aromatic carbocycles. The van der Waals surface area contributed by atoms with Gasteiger partial charge in [-0.1, -0.05) is 6.92 Å². The lowest BCUT2D eigenvalue weighted by atomic mass is 9.87. The van der Waals surface area contributed by atoms with Gasteiger partial charge in [0.25, 0.3) is 0 Å². The molecule has 6 heteroatoms. The van der Waals surface area contributed by atoms with Gasteiger partial charge in [-0.2, -0.15) is 0 Å². The molecule has 0 aromatic heterocycles. The summed E-state index contributed by atoms with van der Waals surface area (Å²) in [7, 11) is 0.